The van der Waals surface area contributed by atoms with Crippen molar-refractivity contribution >= 4 is 17.7 Å². The second-order valence-electron chi connectivity index (χ2n) is 4.68. The Morgan fingerprint density at radius 3 is 2.50 bits per heavy atom. The molecule has 2 aromatic rings. The molecular weight excluding hydrogens is 274 g/mol. The van der Waals surface area contributed by atoms with Gasteiger partial charge in [0.15, 0.2) is 5.16 Å². The van der Waals surface area contributed by atoms with Crippen LogP contribution < -0.4 is 0 Å². The molecular formula is C14H17N3O2S. The molecule has 20 heavy (non-hydrogen) atoms. The summed E-state index contributed by atoms with van der Waals surface area (Å²) in [5.41, 5.74) is 1.96. The van der Waals surface area contributed by atoms with Crippen LogP contribution in [0.2, 0.25) is 0 Å². The van der Waals surface area contributed by atoms with E-state index < -0.39 is 11.9 Å². The molecule has 0 aliphatic rings. The predicted octanol–water partition coefficient (Wildman–Crippen LogP) is 2.60. The number of carboxylic acids is 1. The Hall–Kier alpha value is -1.82. The lowest BCUT2D eigenvalue weighted by Crippen LogP contribution is -2.07. The standard InChI is InChI=1S/C14H17N3O2S/c1-9(13(18)19)12-6-4-11(5-7-12)8-20-14-16-15-10(2)17(14)3/h4-7,9H,8H2,1-3H3,(H,18,19). The van der Waals surface area contributed by atoms with Gasteiger partial charge >= 0.3 is 5.97 Å². The Morgan fingerprint density at radius 1 is 1.35 bits per heavy atom. The number of aliphatic carboxylic acids is 1. The van der Waals surface area contributed by atoms with Crippen molar-refractivity contribution in [1.29, 1.82) is 0 Å². The average molecular weight is 291 g/mol. The van der Waals surface area contributed by atoms with Crippen molar-refractivity contribution in [2.45, 2.75) is 30.7 Å². The van der Waals surface area contributed by atoms with E-state index in [1.54, 1.807) is 18.7 Å². The first-order valence-corrected chi connectivity index (χ1v) is 7.28. The van der Waals surface area contributed by atoms with Gasteiger partial charge in [-0.15, -0.1) is 10.2 Å². The lowest BCUT2D eigenvalue weighted by molar-refractivity contribution is -0.138. The number of nitrogens with zero attached hydrogens (tertiary/aromatic N) is 3. The Bertz CT molecular complexity index is 607. The van der Waals surface area contributed by atoms with E-state index in [1.165, 1.54) is 0 Å². The molecule has 2 rings (SSSR count). The van der Waals surface area contributed by atoms with Gasteiger partial charge in [0.25, 0.3) is 0 Å². The molecule has 0 radical (unpaired) electrons. The fraction of sp³-hybridized carbons (Fsp3) is 0.357. The maximum absolute atomic E-state index is 10.9. The normalized spacial score (nSPS) is 12.3. The van der Waals surface area contributed by atoms with Crippen LogP contribution in [0, 0.1) is 6.92 Å². The molecule has 1 N–H and O–H groups in total. The van der Waals surface area contributed by atoms with E-state index in [4.69, 9.17) is 5.11 Å². The largest absolute Gasteiger partial charge is 0.481 e. The third-order valence-electron chi connectivity index (χ3n) is 3.27. The van der Waals surface area contributed by atoms with Gasteiger partial charge in [-0.3, -0.25) is 4.79 Å². The molecule has 1 aromatic carbocycles. The van der Waals surface area contributed by atoms with Crippen LogP contribution >= 0.6 is 11.8 Å². The molecule has 0 aliphatic carbocycles. The summed E-state index contributed by atoms with van der Waals surface area (Å²) in [6, 6.07) is 7.67. The number of thioether (sulfide) groups is 1. The minimum absolute atomic E-state index is 0.474. The summed E-state index contributed by atoms with van der Waals surface area (Å²) in [6.45, 7) is 3.60. The van der Waals surface area contributed by atoms with E-state index in [2.05, 4.69) is 10.2 Å². The predicted molar refractivity (Wildman–Crippen MR) is 77.8 cm³/mol. The summed E-state index contributed by atoms with van der Waals surface area (Å²) >= 11 is 1.61. The smallest absolute Gasteiger partial charge is 0.310 e. The van der Waals surface area contributed by atoms with E-state index in [9.17, 15) is 4.79 Å². The third-order valence-corrected chi connectivity index (χ3v) is 4.36. The van der Waals surface area contributed by atoms with Gasteiger partial charge in [-0.25, -0.2) is 0 Å². The van der Waals surface area contributed by atoms with Gasteiger partial charge in [-0.2, -0.15) is 0 Å². The summed E-state index contributed by atoms with van der Waals surface area (Å²) in [5, 5.41) is 18.0. The SMILES string of the molecule is Cc1nnc(SCc2ccc(C(C)C(=O)O)cc2)n1C. The first kappa shape index (κ1) is 14.6. The number of hydrogen-bond donors (Lipinski definition) is 1. The van der Waals surface area contributed by atoms with Gasteiger partial charge in [0.1, 0.15) is 5.82 Å². The van der Waals surface area contributed by atoms with E-state index in [-0.39, 0.29) is 0 Å². The minimum atomic E-state index is -0.804. The Balaban J connectivity index is 2.01. The highest BCUT2D eigenvalue weighted by Crippen LogP contribution is 2.22. The number of hydrogen-bond acceptors (Lipinski definition) is 4. The molecule has 0 spiro atoms. The fourth-order valence-electron chi connectivity index (χ4n) is 1.71. The molecule has 1 unspecified atom stereocenters. The number of aromatic nitrogens is 3. The summed E-state index contributed by atoms with van der Waals surface area (Å²) in [7, 11) is 1.94. The number of aryl methyl sites for hydroxylation is 1. The molecule has 106 valence electrons. The number of rotatable bonds is 5. The highest BCUT2D eigenvalue weighted by molar-refractivity contribution is 7.98. The van der Waals surface area contributed by atoms with Gasteiger partial charge in [-0.05, 0) is 25.0 Å². The van der Waals surface area contributed by atoms with Gasteiger partial charge < -0.3 is 9.67 Å². The van der Waals surface area contributed by atoms with E-state index in [1.807, 2.05) is 42.8 Å². The summed E-state index contributed by atoms with van der Waals surface area (Å²) in [5.74, 6) is 0.395. The van der Waals surface area contributed by atoms with Crippen LogP contribution in [0.15, 0.2) is 29.4 Å². The minimum Gasteiger partial charge on any atom is -0.481 e. The lowest BCUT2D eigenvalue weighted by Gasteiger charge is -2.07. The van der Waals surface area contributed by atoms with Crippen molar-refractivity contribution in [2.24, 2.45) is 7.05 Å². The van der Waals surface area contributed by atoms with Crippen LogP contribution in [0.4, 0.5) is 0 Å². The third kappa shape index (κ3) is 3.19. The molecule has 1 aromatic heterocycles. The maximum atomic E-state index is 10.9. The number of carbonyl (C=O) groups is 1. The summed E-state index contributed by atoms with van der Waals surface area (Å²) in [4.78, 5) is 10.9. The van der Waals surface area contributed by atoms with Crippen molar-refractivity contribution < 1.29 is 9.90 Å². The fourth-order valence-corrected chi connectivity index (χ4v) is 2.62. The van der Waals surface area contributed by atoms with Crippen molar-refractivity contribution in [3.05, 3.63) is 41.2 Å². The van der Waals surface area contributed by atoms with Crippen LogP contribution in [0.1, 0.15) is 29.8 Å². The second kappa shape index (κ2) is 6.09. The Kier molecular flexibility index (Phi) is 4.44. The maximum Gasteiger partial charge on any atom is 0.310 e. The molecule has 0 fully saturated rings. The molecule has 0 aliphatic heterocycles. The number of carboxylic acid groups (broad SMARTS) is 1. The summed E-state index contributed by atoms with van der Waals surface area (Å²) < 4.78 is 1.95. The second-order valence-corrected chi connectivity index (χ2v) is 5.62. The monoisotopic (exact) mass is 291 g/mol. The zero-order chi connectivity index (χ0) is 14.7. The van der Waals surface area contributed by atoms with Gasteiger partial charge in [-0.1, -0.05) is 36.0 Å². The average Bonchev–Trinajstić information content (AvgIpc) is 2.76. The van der Waals surface area contributed by atoms with E-state index >= 15 is 0 Å². The van der Waals surface area contributed by atoms with Crippen LogP contribution in [0.5, 0.6) is 0 Å². The first-order chi connectivity index (χ1) is 9.49. The zero-order valence-electron chi connectivity index (χ0n) is 11.7. The first-order valence-electron chi connectivity index (χ1n) is 6.29. The Morgan fingerprint density at radius 2 is 2.00 bits per heavy atom. The highest BCUT2D eigenvalue weighted by Gasteiger charge is 2.13. The highest BCUT2D eigenvalue weighted by atomic mass is 32.2. The van der Waals surface area contributed by atoms with Crippen molar-refractivity contribution in [2.75, 3.05) is 0 Å². The zero-order valence-corrected chi connectivity index (χ0v) is 12.5. The molecule has 1 heterocycles. The van der Waals surface area contributed by atoms with Gasteiger partial charge in [0.2, 0.25) is 0 Å². The molecule has 1 atom stereocenters. The molecule has 0 saturated carbocycles. The van der Waals surface area contributed by atoms with Crippen LogP contribution in [-0.4, -0.2) is 25.8 Å². The van der Waals surface area contributed by atoms with Crippen LogP contribution in [0.25, 0.3) is 0 Å². The molecule has 0 bridgehead atoms. The van der Waals surface area contributed by atoms with E-state index in [0.29, 0.717) is 0 Å². The summed E-state index contributed by atoms with van der Waals surface area (Å²) in [6.07, 6.45) is 0. The molecule has 0 amide bonds. The molecule has 6 heteroatoms. The van der Waals surface area contributed by atoms with Gasteiger partial charge in [0, 0.05) is 12.8 Å². The van der Waals surface area contributed by atoms with E-state index in [0.717, 1.165) is 27.9 Å². The quantitative estimate of drug-likeness (QED) is 0.858. The van der Waals surface area contributed by atoms with Crippen molar-refractivity contribution in [3.8, 4) is 0 Å². The molecule has 5 nitrogen and oxygen atoms in total. The van der Waals surface area contributed by atoms with Crippen molar-refractivity contribution in [1.82, 2.24) is 14.8 Å². The van der Waals surface area contributed by atoms with Gasteiger partial charge in [0.05, 0.1) is 5.92 Å². The van der Waals surface area contributed by atoms with Crippen LogP contribution in [0.3, 0.4) is 0 Å². The lowest BCUT2D eigenvalue weighted by atomic mass is 10.0. The topological polar surface area (TPSA) is 68.0 Å². The van der Waals surface area contributed by atoms with Crippen molar-refractivity contribution in [3.63, 3.8) is 0 Å². The Labute approximate surface area is 122 Å². The number of benzene rings is 1. The molecule has 0 saturated heterocycles. The van der Waals surface area contributed by atoms with Crippen LogP contribution in [-0.2, 0) is 17.6 Å².